The predicted molar refractivity (Wildman–Crippen MR) is 53.2 cm³/mol. The van der Waals surface area contributed by atoms with Crippen LogP contribution in [0.15, 0.2) is 30.3 Å². The van der Waals surface area contributed by atoms with E-state index in [0.717, 1.165) is 5.75 Å². The molecule has 1 fully saturated rings. The van der Waals surface area contributed by atoms with E-state index in [1.807, 2.05) is 30.3 Å². The van der Waals surface area contributed by atoms with Crippen LogP contribution in [0.3, 0.4) is 0 Å². The van der Waals surface area contributed by atoms with Crippen molar-refractivity contribution in [2.24, 2.45) is 0 Å². The second-order valence-electron chi connectivity index (χ2n) is 3.56. The first-order valence-electron chi connectivity index (χ1n) is 4.90. The topological polar surface area (TPSA) is 21.3 Å². The summed E-state index contributed by atoms with van der Waals surface area (Å²) in [5, 5.41) is 3.08. The molecule has 2 rings (SSSR count). The van der Waals surface area contributed by atoms with Crippen LogP contribution in [0.5, 0.6) is 5.75 Å². The predicted octanol–water partition coefficient (Wildman–Crippen LogP) is 1.77. The van der Waals surface area contributed by atoms with Crippen LogP contribution in [0.25, 0.3) is 0 Å². The summed E-state index contributed by atoms with van der Waals surface area (Å²) in [7, 11) is 0. The lowest BCUT2D eigenvalue weighted by molar-refractivity contribution is 0.268. The van der Waals surface area contributed by atoms with Gasteiger partial charge in [-0.1, -0.05) is 18.2 Å². The highest BCUT2D eigenvalue weighted by atomic mass is 19.1. The second kappa shape index (κ2) is 4.42. The molecule has 0 aromatic heterocycles. The molecule has 1 aliphatic rings. The van der Waals surface area contributed by atoms with Crippen molar-refractivity contribution in [2.45, 2.75) is 18.6 Å². The van der Waals surface area contributed by atoms with Gasteiger partial charge in [0.05, 0.1) is 0 Å². The number of para-hydroxylation sites is 1. The van der Waals surface area contributed by atoms with Crippen LogP contribution >= 0.6 is 0 Å². The number of hydrogen-bond acceptors (Lipinski definition) is 2. The molecule has 0 bridgehead atoms. The number of benzene rings is 1. The molecule has 0 amide bonds. The van der Waals surface area contributed by atoms with Gasteiger partial charge in [-0.3, -0.25) is 0 Å². The normalized spacial score (nSPS) is 26.4. The van der Waals surface area contributed by atoms with Crippen molar-refractivity contribution in [3.05, 3.63) is 30.3 Å². The van der Waals surface area contributed by atoms with Crippen molar-refractivity contribution in [3.8, 4) is 5.75 Å². The van der Waals surface area contributed by atoms with Crippen LogP contribution in [-0.4, -0.2) is 25.4 Å². The Labute approximate surface area is 83.1 Å². The minimum atomic E-state index is -0.709. The van der Waals surface area contributed by atoms with Crippen LogP contribution in [-0.2, 0) is 0 Å². The zero-order valence-corrected chi connectivity index (χ0v) is 7.95. The van der Waals surface area contributed by atoms with Crippen LogP contribution in [0.2, 0.25) is 0 Å². The lowest BCUT2D eigenvalue weighted by Gasteiger charge is -2.11. The van der Waals surface area contributed by atoms with Crippen LogP contribution in [0.1, 0.15) is 6.42 Å². The van der Waals surface area contributed by atoms with E-state index in [9.17, 15) is 4.39 Å². The molecule has 0 spiro atoms. The van der Waals surface area contributed by atoms with E-state index in [-0.39, 0.29) is 6.04 Å². The van der Waals surface area contributed by atoms with Crippen molar-refractivity contribution in [2.75, 3.05) is 13.2 Å². The van der Waals surface area contributed by atoms with Gasteiger partial charge in [0.1, 0.15) is 18.5 Å². The Morgan fingerprint density at radius 1 is 1.36 bits per heavy atom. The van der Waals surface area contributed by atoms with Crippen LogP contribution in [0.4, 0.5) is 4.39 Å². The summed E-state index contributed by atoms with van der Waals surface area (Å²) in [6.45, 7) is 1.01. The van der Waals surface area contributed by atoms with Crippen molar-refractivity contribution in [1.82, 2.24) is 5.32 Å². The smallest absolute Gasteiger partial charge is 0.119 e. The summed E-state index contributed by atoms with van der Waals surface area (Å²) in [5.74, 6) is 0.844. The second-order valence-corrected chi connectivity index (χ2v) is 3.56. The van der Waals surface area contributed by atoms with E-state index >= 15 is 0 Å². The van der Waals surface area contributed by atoms with Gasteiger partial charge in [0.2, 0.25) is 0 Å². The Kier molecular flexibility index (Phi) is 2.99. The Balaban J connectivity index is 1.78. The summed E-state index contributed by atoms with van der Waals surface area (Å²) >= 11 is 0. The van der Waals surface area contributed by atoms with Crippen molar-refractivity contribution in [1.29, 1.82) is 0 Å². The molecular weight excluding hydrogens is 181 g/mol. The molecule has 76 valence electrons. The van der Waals surface area contributed by atoms with Gasteiger partial charge >= 0.3 is 0 Å². The van der Waals surface area contributed by atoms with Gasteiger partial charge in [-0.05, 0) is 18.6 Å². The summed E-state index contributed by atoms with van der Waals surface area (Å²) in [6.07, 6.45) is -0.147. The SMILES string of the molecule is FC1CNC(COc2ccccc2)C1. The van der Waals surface area contributed by atoms with E-state index in [4.69, 9.17) is 4.74 Å². The maximum atomic E-state index is 12.8. The molecule has 3 heteroatoms. The van der Waals surface area contributed by atoms with E-state index < -0.39 is 6.17 Å². The monoisotopic (exact) mass is 195 g/mol. The fourth-order valence-electron chi connectivity index (χ4n) is 1.61. The third-order valence-electron chi connectivity index (χ3n) is 2.36. The molecule has 1 N–H and O–H groups in total. The number of rotatable bonds is 3. The van der Waals surface area contributed by atoms with E-state index in [0.29, 0.717) is 19.6 Å². The van der Waals surface area contributed by atoms with Crippen molar-refractivity contribution >= 4 is 0 Å². The Morgan fingerprint density at radius 3 is 2.79 bits per heavy atom. The summed E-state index contributed by atoms with van der Waals surface area (Å²) in [6, 6.07) is 9.76. The highest BCUT2D eigenvalue weighted by Crippen LogP contribution is 2.13. The average Bonchev–Trinajstić information content (AvgIpc) is 2.63. The molecule has 1 aliphatic heterocycles. The minimum absolute atomic E-state index is 0.158. The maximum Gasteiger partial charge on any atom is 0.119 e. The molecule has 2 atom stereocenters. The van der Waals surface area contributed by atoms with Gasteiger partial charge < -0.3 is 10.1 Å². The molecule has 1 saturated heterocycles. The number of halogens is 1. The van der Waals surface area contributed by atoms with Crippen molar-refractivity contribution in [3.63, 3.8) is 0 Å². The number of alkyl halides is 1. The lowest BCUT2D eigenvalue weighted by atomic mass is 10.2. The molecule has 2 unspecified atom stereocenters. The number of nitrogens with one attached hydrogen (secondary N) is 1. The fraction of sp³-hybridized carbons (Fsp3) is 0.455. The molecule has 0 saturated carbocycles. The molecule has 0 radical (unpaired) electrons. The van der Waals surface area contributed by atoms with Gasteiger partial charge in [0.25, 0.3) is 0 Å². The van der Waals surface area contributed by atoms with Crippen LogP contribution < -0.4 is 10.1 Å². The molecule has 1 heterocycles. The largest absolute Gasteiger partial charge is 0.492 e. The third-order valence-corrected chi connectivity index (χ3v) is 2.36. The fourth-order valence-corrected chi connectivity index (χ4v) is 1.61. The summed E-state index contributed by atoms with van der Waals surface area (Å²) in [4.78, 5) is 0. The molecule has 0 aliphatic carbocycles. The molecule has 1 aromatic carbocycles. The molecule has 14 heavy (non-hydrogen) atoms. The molecule has 2 nitrogen and oxygen atoms in total. The molecular formula is C11H14FNO. The van der Waals surface area contributed by atoms with Crippen LogP contribution in [0, 0.1) is 0 Å². The molecule has 1 aromatic rings. The summed E-state index contributed by atoms with van der Waals surface area (Å²) < 4.78 is 18.3. The zero-order chi connectivity index (χ0) is 9.80. The Hall–Kier alpha value is -1.09. The standard InChI is InChI=1S/C11H14FNO/c12-9-6-10(13-7-9)8-14-11-4-2-1-3-5-11/h1-5,9-10,13H,6-8H2. The average molecular weight is 195 g/mol. The number of ether oxygens (including phenoxy) is 1. The third kappa shape index (κ3) is 2.45. The van der Waals surface area contributed by atoms with Gasteiger partial charge in [0.15, 0.2) is 0 Å². The maximum absolute atomic E-state index is 12.8. The highest BCUT2D eigenvalue weighted by Gasteiger charge is 2.23. The lowest BCUT2D eigenvalue weighted by Crippen LogP contribution is -2.28. The number of hydrogen-bond donors (Lipinski definition) is 1. The highest BCUT2D eigenvalue weighted by molar-refractivity contribution is 5.20. The van der Waals surface area contributed by atoms with E-state index in [1.165, 1.54) is 0 Å². The first-order valence-corrected chi connectivity index (χ1v) is 4.90. The zero-order valence-electron chi connectivity index (χ0n) is 7.95. The van der Waals surface area contributed by atoms with Gasteiger partial charge in [0, 0.05) is 12.6 Å². The van der Waals surface area contributed by atoms with Crippen molar-refractivity contribution < 1.29 is 9.13 Å². The minimum Gasteiger partial charge on any atom is -0.492 e. The van der Waals surface area contributed by atoms with E-state index in [2.05, 4.69) is 5.32 Å². The first-order chi connectivity index (χ1) is 6.84. The van der Waals surface area contributed by atoms with E-state index in [1.54, 1.807) is 0 Å². The summed E-state index contributed by atoms with van der Waals surface area (Å²) in [5.41, 5.74) is 0. The van der Waals surface area contributed by atoms with Gasteiger partial charge in [-0.2, -0.15) is 0 Å². The Bertz CT molecular complexity index is 278. The first kappa shape index (κ1) is 9.46. The van der Waals surface area contributed by atoms with Gasteiger partial charge in [-0.15, -0.1) is 0 Å². The quantitative estimate of drug-likeness (QED) is 0.793. The Morgan fingerprint density at radius 2 is 2.14 bits per heavy atom. The van der Waals surface area contributed by atoms with Gasteiger partial charge in [-0.25, -0.2) is 4.39 Å².